The largest absolute Gasteiger partial charge is 0.491 e. The van der Waals surface area contributed by atoms with Gasteiger partial charge in [0.15, 0.2) is 0 Å². The van der Waals surface area contributed by atoms with Gasteiger partial charge in [0.25, 0.3) is 0 Å². The molecule has 1 aromatic carbocycles. The molecule has 0 spiro atoms. The van der Waals surface area contributed by atoms with Gasteiger partial charge < -0.3 is 10.1 Å². The van der Waals surface area contributed by atoms with Crippen LogP contribution >= 0.6 is 11.3 Å². The minimum Gasteiger partial charge on any atom is -0.491 e. The zero-order chi connectivity index (χ0) is 12.8. The van der Waals surface area contributed by atoms with E-state index in [1.807, 2.05) is 49.7 Å². The van der Waals surface area contributed by atoms with Crippen LogP contribution in [0.2, 0.25) is 0 Å². The van der Waals surface area contributed by atoms with Gasteiger partial charge in [0.2, 0.25) is 0 Å². The minimum absolute atomic E-state index is 0.216. The fourth-order valence-corrected chi connectivity index (χ4v) is 2.23. The van der Waals surface area contributed by atoms with Gasteiger partial charge in [-0.15, -0.1) is 11.3 Å². The molecule has 0 aliphatic carbocycles. The maximum absolute atomic E-state index is 5.60. The highest BCUT2D eigenvalue weighted by molar-refractivity contribution is 7.09. The van der Waals surface area contributed by atoms with Crippen molar-refractivity contribution in [3.63, 3.8) is 0 Å². The zero-order valence-corrected chi connectivity index (χ0v) is 11.5. The molecule has 4 heteroatoms. The smallest absolute Gasteiger partial charge is 0.119 e. The van der Waals surface area contributed by atoms with Crippen LogP contribution in [0, 0.1) is 0 Å². The third kappa shape index (κ3) is 4.04. The number of thiazole rings is 1. The molecule has 0 amide bonds. The number of nitrogens with zero attached hydrogens (tertiary/aromatic N) is 1. The topological polar surface area (TPSA) is 34.1 Å². The Hall–Kier alpha value is -1.55. The predicted octanol–water partition coefficient (Wildman–Crippen LogP) is 3.58. The Morgan fingerprint density at radius 1 is 1.28 bits per heavy atom. The summed E-state index contributed by atoms with van der Waals surface area (Å²) >= 11 is 1.70. The number of nitrogens with one attached hydrogen (secondary N) is 1. The molecule has 0 aliphatic heterocycles. The van der Waals surface area contributed by atoms with Crippen molar-refractivity contribution in [3.8, 4) is 5.75 Å². The fraction of sp³-hybridized carbons (Fsp3) is 0.357. The van der Waals surface area contributed by atoms with Crippen molar-refractivity contribution >= 4 is 17.0 Å². The molecule has 2 rings (SSSR count). The van der Waals surface area contributed by atoms with Gasteiger partial charge in [-0.2, -0.15) is 0 Å². The van der Waals surface area contributed by atoms with Crippen molar-refractivity contribution in [1.82, 2.24) is 4.98 Å². The standard InChI is InChI=1S/C14H18N2OS/c1-11(2)17-13-5-3-12(4-6-13)15-8-7-14-16-9-10-18-14/h3-6,9-11,15H,7-8H2,1-2H3. The average Bonchev–Trinajstić information content (AvgIpc) is 2.84. The molecule has 0 bridgehead atoms. The molecule has 0 radical (unpaired) electrons. The summed E-state index contributed by atoms with van der Waals surface area (Å²) in [6, 6.07) is 8.07. The first-order chi connectivity index (χ1) is 8.74. The molecule has 3 nitrogen and oxygen atoms in total. The van der Waals surface area contributed by atoms with Crippen LogP contribution in [0.5, 0.6) is 5.75 Å². The molecule has 2 aromatic rings. The lowest BCUT2D eigenvalue weighted by atomic mass is 10.3. The molecule has 96 valence electrons. The second-order valence-electron chi connectivity index (χ2n) is 4.29. The highest BCUT2D eigenvalue weighted by Crippen LogP contribution is 2.17. The van der Waals surface area contributed by atoms with E-state index in [0.717, 1.165) is 24.4 Å². The Bertz CT molecular complexity index is 451. The summed E-state index contributed by atoms with van der Waals surface area (Å²) in [5.41, 5.74) is 1.11. The number of benzene rings is 1. The average molecular weight is 262 g/mol. The molecule has 1 heterocycles. The van der Waals surface area contributed by atoms with Gasteiger partial charge in [-0.25, -0.2) is 4.98 Å². The number of rotatable bonds is 6. The van der Waals surface area contributed by atoms with E-state index in [1.165, 1.54) is 5.01 Å². The summed E-state index contributed by atoms with van der Waals surface area (Å²) < 4.78 is 5.60. The first-order valence-corrected chi connectivity index (χ1v) is 7.01. The third-order valence-corrected chi connectivity index (χ3v) is 3.22. The molecule has 0 saturated heterocycles. The van der Waals surface area contributed by atoms with Gasteiger partial charge in [0.1, 0.15) is 5.75 Å². The van der Waals surface area contributed by atoms with Crippen molar-refractivity contribution in [2.24, 2.45) is 0 Å². The Kier molecular flexibility index (Phi) is 4.59. The summed E-state index contributed by atoms with van der Waals surface area (Å²) in [5, 5.41) is 6.55. The molecule has 18 heavy (non-hydrogen) atoms. The van der Waals surface area contributed by atoms with Gasteiger partial charge in [0.05, 0.1) is 11.1 Å². The van der Waals surface area contributed by atoms with Crippen LogP contribution in [0.4, 0.5) is 5.69 Å². The number of hydrogen-bond donors (Lipinski definition) is 1. The zero-order valence-electron chi connectivity index (χ0n) is 10.7. The van der Waals surface area contributed by atoms with Crippen molar-refractivity contribution in [2.45, 2.75) is 26.4 Å². The van der Waals surface area contributed by atoms with Crippen LogP contribution in [-0.4, -0.2) is 17.6 Å². The molecule has 0 fully saturated rings. The number of aromatic nitrogens is 1. The number of anilines is 1. The summed E-state index contributed by atoms with van der Waals surface area (Å²) in [6.45, 7) is 4.96. The van der Waals surface area contributed by atoms with Gasteiger partial charge in [0, 0.05) is 30.2 Å². The quantitative estimate of drug-likeness (QED) is 0.864. The van der Waals surface area contributed by atoms with Gasteiger partial charge in [-0.05, 0) is 38.1 Å². The molecular weight excluding hydrogens is 244 g/mol. The van der Waals surface area contributed by atoms with Crippen molar-refractivity contribution in [3.05, 3.63) is 40.8 Å². The molecule has 0 atom stereocenters. The third-order valence-electron chi connectivity index (χ3n) is 2.38. The normalized spacial score (nSPS) is 10.6. The van der Waals surface area contributed by atoms with Crippen LogP contribution in [0.15, 0.2) is 35.8 Å². The van der Waals surface area contributed by atoms with Crippen LogP contribution in [0.1, 0.15) is 18.9 Å². The summed E-state index contributed by atoms with van der Waals surface area (Å²) in [5.74, 6) is 0.912. The fourth-order valence-electron chi connectivity index (χ4n) is 1.61. The minimum atomic E-state index is 0.216. The van der Waals surface area contributed by atoms with E-state index in [-0.39, 0.29) is 6.10 Å². The van der Waals surface area contributed by atoms with E-state index in [4.69, 9.17) is 4.74 Å². The molecule has 0 unspecified atom stereocenters. The second-order valence-corrected chi connectivity index (χ2v) is 5.27. The van der Waals surface area contributed by atoms with E-state index in [1.54, 1.807) is 11.3 Å². The Morgan fingerprint density at radius 2 is 2.06 bits per heavy atom. The van der Waals surface area contributed by atoms with E-state index in [0.29, 0.717) is 0 Å². The van der Waals surface area contributed by atoms with Crippen LogP contribution in [-0.2, 0) is 6.42 Å². The van der Waals surface area contributed by atoms with Crippen LogP contribution in [0.25, 0.3) is 0 Å². The van der Waals surface area contributed by atoms with E-state index in [2.05, 4.69) is 10.3 Å². The van der Waals surface area contributed by atoms with E-state index < -0.39 is 0 Å². The second kappa shape index (κ2) is 6.40. The number of ether oxygens (including phenoxy) is 1. The lowest BCUT2D eigenvalue weighted by molar-refractivity contribution is 0.242. The summed E-state index contributed by atoms with van der Waals surface area (Å²) in [7, 11) is 0. The van der Waals surface area contributed by atoms with Crippen LogP contribution in [0.3, 0.4) is 0 Å². The van der Waals surface area contributed by atoms with Crippen molar-refractivity contribution < 1.29 is 4.74 Å². The maximum atomic E-state index is 5.60. The Morgan fingerprint density at radius 3 is 2.67 bits per heavy atom. The van der Waals surface area contributed by atoms with Gasteiger partial charge in [-0.1, -0.05) is 0 Å². The molecule has 0 aliphatic rings. The first-order valence-electron chi connectivity index (χ1n) is 6.13. The monoisotopic (exact) mass is 262 g/mol. The SMILES string of the molecule is CC(C)Oc1ccc(NCCc2nccs2)cc1. The Labute approximate surface area is 112 Å². The number of hydrogen-bond acceptors (Lipinski definition) is 4. The Balaban J connectivity index is 1.79. The molecule has 0 saturated carbocycles. The molecule has 1 N–H and O–H groups in total. The van der Waals surface area contributed by atoms with E-state index in [9.17, 15) is 0 Å². The van der Waals surface area contributed by atoms with Crippen molar-refractivity contribution in [2.75, 3.05) is 11.9 Å². The highest BCUT2D eigenvalue weighted by Gasteiger charge is 1.99. The lowest BCUT2D eigenvalue weighted by Gasteiger charge is -2.10. The predicted molar refractivity (Wildman–Crippen MR) is 76.5 cm³/mol. The maximum Gasteiger partial charge on any atom is 0.119 e. The van der Waals surface area contributed by atoms with E-state index >= 15 is 0 Å². The molecule has 1 aromatic heterocycles. The molecular formula is C14H18N2OS. The van der Waals surface area contributed by atoms with Crippen molar-refractivity contribution in [1.29, 1.82) is 0 Å². The summed E-state index contributed by atoms with van der Waals surface area (Å²) in [4.78, 5) is 4.25. The lowest BCUT2D eigenvalue weighted by Crippen LogP contribution is -2.06. The highest BCUT2D eigenvalue weighted by atomic mass is 32.1. The van der Waals surface area contributed by atoms with Crippen LogP contribution < -0.4 is 10.1 Å². The first kappa shape index (κ1) is 12.9. The van der Waals surface area contributed by atoms with Gasteiger partial charge >= 0.3 is 0 Å². The van der Waals surface area contributed by atoms with Gasteiger partial charge in [-0.3, -0.25) is 0 Å². The summed E-state index contributed by atoms with van der Waals surface area (Å²) in [6.07, 6.45) is 3.02.